The number of hydrogen-bond acceptors (Lipinski definition) is 4. The number of hydrogen-bond donors (Lipinski definition) is 0. The van der Waals surface area contributed by atoms with Crippen LogP contribution in [-0.2, 0) is 12.7 Å². The van der Waals surface area contributed by atoms with Crippen molar-refractivity contribution in [3.05, 3.63) is 82.9 Å². The number of alkyl halides is 3. The van der Waals surface area contributed by atoms with Crippen molar-refractivity contribution in [1.29, 1.82) is 0 Å². The monoisotopic (exact) mass is 540 g/mol. The summed E-state index contributed by atoms with van der Waals surface area (Å²) < 4.78 is 46.9. The van der Waals surface area contributed by atoms with E-state index in [2.05, 4.69) is 35.9 Å². The molecule has 0 saturated carbocycles. The molecule has 5 rings (SSSR count). The number of aryl methyl sites for hydroxylation is 1. The predicted octanol–water partition coefficient (Wildman–Crippen LogP) is 6.04. The van der Waals surface area contributed by atoms with Crippen LogP contribution in [-0.4, -0.2) is 57.5 Å². The summed E-state index contributed by atoms with van der Waals surface area (Å²) in [6.45, 7) is 7.68. The normalized spacial score (nSPS) is 20.1. The van der Waals surface area contributed by atoms with E-state index < -0.39 is 11.7 Å². The lowest BCUT2D eigenvalue weighted by Crippen LogP contribution is -2.57. The Hall–Kier alpha value is -3.33. The van der Waals surface area contributed by atoms with E-state index in [0.717, 1.165) is 62.2 Å². The molecule has 9 heteroatoms. The maximum absolute atomic E-state index is 13.1. The molecule has 208 valence electrons. The first kappa shape index (κ1) is 27.2. The van der Waals surface area contributed by atoms with Crippen molar-refractivity contribution < 1.29 is 22.7 Å². The third-order valence-corrected chi connectivity index (χ3v) is 8.21. The first-order valence-electron chi connectivity index (χ1n) is 13.6. The van der Waals surface area contributed by atoms with E-state index >= 15 is 0 Å². The highest BCUT2D eigenvalue weighted by Gasteiger charge is 2.38. The van der Waals surface area contributed by atoms with Gasteiger partial charge in [-0.05, 0) is 86.6 Å². The number of nitrogens with zero attached hydrogens (tertiary/aromatic N) is 4. The van der Waals surface area contributed by atoms with Crippen molar-refractivity contribution in [2.45, 2.75) is 64.3 Å². The van der Waals surface area contributed by atoms with Crippen LogP contribution in [0.2, 0.25) is 0 Å². The highest BCUT2D eigenvalue weighted by Crippen LogP contribution is 2.40. The zero-order chi connectivity index (χ0) is 27.6. The van der Waals surface area contributed by atoms with Gasteiger partial charge in [0.25, 0.3) is 5.91 Å². The molecule has 0 N–H and O–H groups in total. The average Bonchev–Trinajstić information content (AvgIpc) is 3.46. The van der Waals surface area contributed by atoms with E-state index in [1.54, 1.807) is 11.1 Å². The molecule has 3 aromatic rings. The summed E-state index contributed by atoms with van der Waals surface area (Å²) in [4.78, 5) is 21.5. The molecule has 0 radical (unpaired) electrons. The van der Waals surface area contributed by atoms with E-state index in [4.69, 9.17) is 4.74 Å². The number of ether oxygens (including phenoxy) is 1. The number of rotatable bonds is 7. The molecule has 39 heavy (non-hydrogen) atoms. The van der Waals surface area contributed by atoms with Gasteiger partial charge in [0.05, 0.1) is 18.5 Å². The summed E-state index contributed by atoms with van der Waals surface area (Å²) in [5, 5.41) is 0. The van der Waals surface area contributed by atoms with Crippen molar-refractivity contribution >= 4 is 5.91 Å². The number of aromatic nitrogens is 2. The zero-order valence-corrected chi connectivity index (χ0v) is 22.5. The Morgan fingerprint density at radius 3 is 2.56 bits per heavy atom. The molecule has 1 amide bonds. The van der Waals surface area contributed by atoms with Gasteiger partial charge in [0.15, 0.2) is 0 Å². The molecule has 2 unspecified atom stereocenters. The van der Waals surface area contributed by atoms with Crippen LogP contribution in [0.3, 0.4) is 0 Å². The van der Waals surface area contributed by atoms with Gasteiger partial charge in [-0.25, -0.2) is 4.98 Å². The maximum Gasteiger partial charge on any atom is 0.416 e. The average molecular weight is 541 g/mol. The first-order valence-corrected chi connectivity index (χ1v) is 13.6. The SMILES string of the molecule is Cc1c(OCCCn2ccnc2)ccc(C2CCCC3CN(C(=O)c4ccc(C(F)(F)F)cc4)CCN32)c1C. The Morgan fingerprint density at radius 2 is 1.85 bits per heavy atom. The number of halogens is 3. The molecule has 2 aliphatic rings. The summed E-state index contributed by atoms with van der Waals surface area (Å²) in [5.41, 5.74) is 3.28. The second-order valence-corrected chi connectivity index (χ2v) is 10.6. The summed E-state index contributed by atoms with van der Waals surface area (Å²) in [7, 11) is 0. The van der Waals surface area contributed by atoms with Crippen molar-refractivity contribution in [1.82, 2.24) is 19.4 Å². The number of imidazole rings is 1. The molecule has 2 aliphatic heterocycles. The van der Waals surface area contributed by atoms with Crippen LogP contribution in [0, 0.1) is 13.8 Å². The molecule has 3 heterocycles. The molecule has 0 bridgehead atoms. The van der Waals surface area contributed by atoms with E-state index in [1.165, 1.54) is 23.3 Å². The van der Waals surface area contributed by atoms with Gasteiger partial charge in [-0.2, -0.15) is 13.2 Å². The van der Waals surface area contributed by atoms with Crippen LogP contribution < -0.4 is 4.74 Å². The first-order chi connectivity index (χ1) is 18.7. The molecule has 2 saturated heterocycles. The fourth-order valence-corrected chi connectivity index (χ4v) is 5.93. The molecule has 2 atom stereocenters. The van der Waals surface area contributed by atoms with Gasteiger partial charge in [0.2, 0.25) is 0 Å². The summed E-state index contributed by atoms with van der Waals surface area (Å²) in [5.74, 6) is 0.716. The van der Waals surface area contributed by atoms with Crippen LogP contribution in [0.5, 0.6) is 5.75 Å². The second-order valence-electron chi connectivity index (χ2n) is 10.6. The van der Waals surface area contributed by atoms with Crippen molar-refractivity contribution in [3.63, 3.8) is 0 Å². The van der Waals surface area contributed by atoms with Crippen LogP contribution in [0.4, 0.5) is 13.2 Å². The lowest BCUT2D eigenvalue weighted by atomic mass is 9.86. The number of benzene rings is 2. The highest BCUT2D eigenvalue weighted by molar-refractivity contribution is 5.94. The van der Waals surface area contributed by atoms with Gasteiger partial charge in [-0.1, -0.05) is 6.07 Å². The Morgan fingerprint density at radius 1 is 1.05 bits per heavy atom. The minimum absolute atomic E-state index is 0.202. The van der Waals surface area contributed by atoms with E-state index in [1.807, 2.05) is 17.1 Å². The fraction of sp³-hybridized carbons (Fsp3) is 0.467. The molecule has 6 nitrogen and oxygen atoms in total. The highest BCUT2D eigenvalue weighted by atomic mass is 19.4. The lowest BCUT2D eigenvalue weighted by Gasteiger charge is -2.49. The van der Waals surface area contributed by atoms with Gasteiger partial charge < -0.3 is 14.2 Å². The number of piperazine rings is 1. The molecular weight excluding hydrogens is 505 g/mol. The number of amides is 1. The Labute approximate surface area is 227 Å². The largest absolute Gasteiger partial charge is 0.493 e. The number of carbonyl (C=O) groups is 1. The third kappa shape index (κ3) is 5.98. The number of fused-ring (bicyclic) bond motifs is 1. The summed E-state index contributed by atoms with van der Waals surface area (Å²) >= 11 is 0. The zero-order valence-electron chi connectivity index (χ0n) is 22.5. The van der Waals surface area contributed by atoms with Crippen molar-refractivity contribution in [2.75, 3.05) is 26.2 Å². The van der Waals surface area contributed by atoms with Gasteiger partial charge >= 0.3 is 6.18 Å². The van der Waals surface area contributed by atoms with Crippen LogP contribution in [0.15, 0.2) is 55.1 Å². The fourth-order valence-electron chi connectivity index (χ4n) is 5.93. The maximum atomic E-state index is 13.1. The topological polar surface area (TPSA) is 50.6 Å². The number of carbonyl (C=O) groups excluding carboxylic acids is 1. The van der Waals surface area contributed by atoms with E-state index in [0.29, 0.717) is 25.3 Å². The van der Waals surface area contributed by atoms with Gasteiger partial charge in [-0.3, -0.25) is 9.69 Å². The van der Waals surface area contributed by atoms with E-state index in [9.17, 15) is 18.0 Å². The van der Waals surface area contributed by atoms with Gasteiger partial charge in [-0.15, -0.1) is 0 Å². The summed E-state index contributed by atoms with van der Waals surface area (Å²) in [6, 6.07) is 9.33. The molecule has 0 aliphatic carbocycles. The van der Waals surface area contributed by atoms with Crippen molar-refractivity contribution in [2.24, 2.45) is 0 Å². The summed E-state index contributed by atoms with van der Waals surface area (Å²) in [6.07, 6.45) is 5.16. The Kier molecular flexibility index (Phi) is 7.98. The minimum Gasteiger partial charge on any atom is -0.493 e. The Bertz CT molecular complexity index is 1270. The minimum atomic E-state index is -4.41. The Balaban J connectivity index is 1.22. The smallest absolute Gasteiger partial charge is 0.416 e. The standard InChI is InChI=1S/C30H35F3N4O2/c1-21-22(2)28(39-18-4-14-35-15-13-34-20-35)12-11-26(21)27-6-3-5-25-19-36(16-17-37(25)27)29(38)23-7-9-24(10-8-23)30(31,32)33/h7-13,15,20,25,27H,3-6,14,16-19H2,1-2H3. The van der Waals surface area contributed by atoms with Crippen LogP contribution in [0.25, 0.3) is 0 Å². The molecule has 0 spiro atoms. The second kappa shape index (κ2) is 11.4. The lowest BCUT2D eigenvalue weighted by molar-refractivity contribution is -0.137. The quantitative estimate of drug-likeness (QED) is 0.343. The molecular formula is C30H35F3N4O2. The number of piperidine rings is 1. The predicted molar refractivity (Wildman–Crippen MR) is 143 cm³/mol. The molecule has 1 aromatic heterocycles. The van der Waals surface area contributed by atoms with Crippen LogP contribution in [0.1, 0.15) is 64.3 Å². The van der Waals surface area contributed by atoms with Crippen LogP contribution >= 0.6 is 0 Å². The third-order valence-electron chi connectivity index (χ3n) is 8.21. The molecule has 2 aromatic carbocycles. The molecule has 2 fully saturated rings. The van der Waals surface area contributed by atoms with Gasteiger partial charge in [0.1, 0.15) is 5.75 Å². The van der Waals surface area contributed by atoms with Gasteiger partial charge in [0, 0.05) is 56.2 Å². The van der Waals surface area contributed by atoms with Crippen molar-refractivity contribution in [3.8, 4) is 5.75 Å². The van der Waals surface area contributed by atoms with E-state index in [-0.39, 0.29) is 18.0 Å².